The largest absolute Gasteiger partial charge is 0.488 e. The molecule has 0 saturated heterocycles. The van der Waals surface area contributed by atoms with Crippen molar-refractivity contribution < 1.29 is 4.74 Å². The van der Waals surface area contributed by atoms with Gasteiger partial charge in [0.25, 0.3) is 0 Å². The molecule has 1 aromatic heterocycles. The van der Waals surface area contributed by atoms with Crippen molar-refractivity contribution in [1.29, 1.82) is 0 Å². The Morgan fingerprint density at radius 2 is 2.30 bits per heavy atom. The number of benzene rings is 1. The number of hydrogen-bond acceptors (Lipinski definition) is 3. The van der Waals surface area contributed by atoms with Gasteiger partial charge >= 0.3 is 0 Å². The zero-order valence-corrected chi connectivity index (χ0v) is 14.5. The van der Waals surface area contributed by atoms with Gasteiger partial charge in [0.1, 0.15) is 18.2 Å². The maximum absolute atomic E-state index is 6.22. The smallest absolute Gasteiger partial charge is 0.138 e. The molecular formula is C18H24ClN3O. The van der Waals surface area contributed by atoms with Gasteiger partial charge in [0, 0.05) is 25.5 Å². The quantitative estimate of drug-likeness (QED) is 0.709. The summed E-state index contributed by atoms with van der Waals surface area (Å²) in [6.07, 6.45) is 5.57. The number of imidazole rings is 1. The first-order valence-corrected chi connectivity index (χ1v) is 8.18. The molecule has 0 aliphatic heterocycles. The van der Waals surface area contributed by atoms with Crippen molar-refractivity contribution >= 4 is 11.6 Å². The van der Waals surface area contributed by atoms with Crippen LogP contribution in [0.25, 0.3) is 0 Å². The van der Waals surface area contributed by atoms with Crippen LogP contribution in [0.1, 0.15) is 18.3 Å². The highest BCUT2D eigenvalue weighted by Crippen LogP contribution is 2.25. The Hall–Kier alpha value is -1.78. The van der Waals surface area contributed by atoms with E-state index in [-0.39, 0.29) is 0 Å². The summed E-state index contributed by atoms with van der Waals surface area (Å²) in [5.41, 5.74) is 1.15. The van der Waals surface area contributed by atoms with E-state index in [1.165, 1.54) is 0 Å². The number of aryl methyl sites for hydroxylation is 1. The second-order valence-electron chi connectivity index (χ2n) is 5.73. The Kier molecular flexibility index (Phi) is 6.68. The molecule has 0 spiro atoms. The molecule has 0 amide bonds. The third-order valence-electron chi connectivity index (χ3n) is 3.61. The molecule has 1 unspecified atom stereocenters. The Balaban J connectivity index is 1.78. The molecule has 1 heterocycles. The molecule has 0 aliphatic rings. The van der Waals surface area contributed by atoms with Gasteiger partial charge in [-0.15, -0.1) is 0 Å². The van der Waals surface area contributed by atoms with Crippen LogP contribution >= 0.6 is 11.6 Å². The van der Waals surface area contributed by atoms with Crippen molar-refractivity contribution in [1.82, 2.24) is 14.9 Å². The fourth-order valence-corrected chi connectivity index (χ4v) is 2.64. The van der Waals surface area contributed by atoms with E-state index in [0.29, 0.717) is 23.3 Å². The zero-order valence-electron chi connectivity index (χ0n) is 13.8. The van der Waals surface area contributed by atoms with Gasteiger partial charge in [0.05, 0.1) is 5.02 Å². The lowest BCUT2D eigenvalue weighted by Gasteiger charge is -2.15. The molecule has 1 aromatic carbocycles. The second-order valence-corrected chi connectivity index (χ2v) is 6.13. The van der Waals surface area contributed by atoms with Crippen molar-refractivity contribution in [3.8, 4) is 5.75 Å². The summed E-state index contributed by atoms with van der Waals surface area (Å²) in [6.45, 7) is 11.0. The fraction of sp³-hybridized carbons (Fsp3) is 0.389. The van der Waals surface area contributed by atoms with Gasteiger partial charge in [-0.2, -0.15) is 0 Å². The monoisotopic (exact) mass is 333 g/mol. The van der Waals surface area contributed by atoms with Crippen LogP contribution in [0.3, 0.4) is 0 Å². The molecule has 0 bridgehead atoms. The fourth-order valence-electron chi connectivity index (χ4n) is 2.38. The molecule has 124 valence electrons. The summed E-state index contributed by atoms with van der Waals surface area (Å²) in [4.78, 5) is 4.25. The number of hydrogen-bond donors (Lipinski definition) is 1. The van der Waals surface area contributed by atoms with Gasteiger partial charge in [0.15, 0.2) is 0 Å². The molecule has 23 heavy (non-hydrogen) atoms. The van der Waals surface area contributed by atoms with Gasteiger partial charge in [-0.1, -0.05) is 37.2 Å². The maximum Gasteiger partial charge on any atom is 0.138 e. The standard InChI is InChI=1S/C18H24ClN3O/c1-4-9-23-18-6-5-16(10-17(18)19)12-20-11-14(2)13-22-8-7-21-15(22)3/h4-8,10,14,20H,1,9,11-13H2,2-3H3. The molecule has 0 saturated carbocycles. The molecule has 5 heteroatoms. The van der Waals surface area contributed by atoms with E-state index in [4.69, 9.17) is 16.3 Å². The lowest BCUT2D eigenvalue weighted by Crippen LogP contribution is -2.24. The van der Waals surface area contributed by atoms with Crippen LogP contribution in [0.4, 0.5) is 0 Å². The van der Waals surface area contributed by atoms with E-state index >= 15 is 0 Å². The van der Waals surface area contributed by atoms with Crippen molar-refractivity contribution in [3.05, 3.63) is 59.7 Å². The molecule has 4 nitrogen and oxygen atoms in total. The highest BCUT2D eigenvalue weighted by atomic mass is 35.5. The van der Waals surface area contributed by atoms with E-state index in [9.17, 15) is 0 Å². The third-order valence-corrected chi connectivity index (χ3v) is 3.90. The van der Waals surface area contributed by atoms with E-state index < -0.39 is 0 Å². The van der Waals surface area contributed by atoms with Gasteiger partial charge in [-0.3, -0.25) is 0 Å². The third kappa shape index (κ3) is 5.41. The number of aromatic nitrogens is 2. The molecule has 2 rings (SSSR count). The van der Waals surface area contributed by atoms with Crippen molar-refractivity contribution in [3.63, 3.8) is 0 Å². The van der Waals surface area contributed by atoms with E-state index in [0.717, 1.165) is 31.0 Å². The second kappa shape index (κ2) is 8.75. The number of rotatable bonds is 9. The predicted octanol–water partition coefficient (Wildman–Crippen LogP) is 3.84. The summed E-state index contributed by atoms with van der Waals surface area (Å²) in [6, 6.07) is 5.88. The molecule has 1 atom stereocenters. The number of halogens is 1. The molecule has 0 fully saturated rings. The minimum absolute atomic E-state index is 0.461. The van der Waals surface area contributed by atoms with E-state index in [1.54, 1.807) is 6.08 Å². The van der Waals surface area contributed by atoms with E-state index in [2.05, 4.69) is 28.4 Å². The summed E-state index contributed by atoms with van der Waals surface area (Å²) in [7, 11) is 0. The van der Waals surface area contributed by atoms with Gasteiger partial charge in [-0.05, 0) is 37.1 Å². The van der Waals surface area contributed by atoms with Gasteiger partial charge in [0.2, 0.25) is 0 Å². The normalized spacial score (nSPS) is 12.1. The molecule has 1 N–H and O–H groups in total. The summed E-state index contributed by atoms with van der Waals surface area (Å²) >= 11 is 6.22. The average Bonchev–Trinajstić information content (AvgIpc) is 2.91. The first-order chi connectivity index (χ1) is 11.1. The SMILES string of the molecule is C=CCOc1ccc(CNCC(C)Cn2ccnc2C)cc1Cl. The highest BCUT2D eigenvalue weighted by Gasteiger charge is 2.06. The van der Waals surface area contributed by atoms with Crippen LogP contribution in [0.5, 0.6) is 5.75 Å². The summed E-state index contributed by atoms with van der Waals surface area (Å²) < 4.78 is 7.65. The molecule has 0 aliphatic carbocycles. The van der Waals surface area contributed by atoms with Crippen LogP contribution in [0.2, 0.25) is 5.02 Å². The van der Waals surface area contributed by atoms with E-state index in [1.807, 2.05) is 37.5 Å². The topological polar surface area (TPSA) is 39.1 Å². The van der Waals surface area contributed by atoms with Crippen molar-refractivity contribution in [2.24, 2.45) is 5.92 Å². The number of nitrogens with zero attached hydrogens (tertiary/aromatic N) is 2. The minimum Gasteiger partial charge on any atom is -0.488 e. The predicted molar refractivity (Wildman–Crippen MR) is 95.0 cm³/mol. The Labute approximate surface area is 143 Å². The van der Waals surface area contributed by atoms with Crippen LogP contribution in [-0.4, -0.2) is 22.7 Å². The summed E-state index contributed by atoms with van der Waals surface area (Å²) in [5.74, 6) is 2.27. The first kappa shape index (κ1) is 17.6. The Bertz CT molecular complexity index is 639. The minimum atomic E-state index is 0.461. The van der Waals surface area contributed by atoms with Crippen LogP contribution < -0.4 is 10.1 Å². The van der Waals surface area contributed by atoms with Crippen molar-refractivity contribution in [2.75, 3.05) is 13.2 Å². The lowest BCUT2D eigenvalue weighted by atomic mass is 10.1. The molecule has 2 aromatic rings. The Morgan fingerprint density at radius 3 is 2.96 bits per heavy atom. The molecule has 0 radical (unpaired) electrons. The molecular weight excluding hydrogens is 310 g/mol. The van der Waals surface area contributed by atoms with Gasteiger partial charge < -0.3 is 14.6 Å². The maximum atomic E-state index is 6.22. The first-order valence-electron chi connectivity index (χ1n) is 7.80. The van der Waals surface area contributed by atoms with Crippen LogP contribution in [0, 0.1) is 12.8 Å². The number of ether oxygens (including phenoxy) is 1. The number of nitrogens with one attached hydrogen (secondary N) is 1. The average molecular weight is 334 g/mol. The van der Waals surface area contributed by atoms with Crippen LogP contribution in [0.15, 0.2) is 43.2 Å². The van der Waals surface area contributed by atoms with Gasteiger partial charge in [-0.25, -0.2) is 4.98 Å². The van der Waals surface area contributed by atoms with Crippen LogP contribution in [-0.2, 0) is 13.1 Å². The lowest BCUT2D eigenvalue weighted by molar-refractivity contribution is 0.363. The summed E-state index contributed by atoms with van der Waals surface area (Å²) in [5, 5.41) is 4.11. The highest BCUT2D eigenvalue weighted by molar-refractivity contribution is 6.32. The Morgan fingerprint density at radius 1 is 1.48 bits per heavy atom. The zero-order chi connectivity index (χ0) is 16.7. The van der Waals surface area contributed by atoms with Crippen molar-refractivity contribution in [2.45, 2.75) is 26.9 Å².